The van der Waals surface area contributed by atoms with Gasteiger partial charge >= 0.3 is 6.18 Å². The molecule has 3 N–H and O–H groups in total. The van der Waals surface area contributed by atoms with E-state index in [-0.39, 0.29) is 35.8 Å². The summed E-state index contributed by atoms with van der Waals surface area (Å²) in [6, 6.07) is 8.95. The van der Waals surface area contributed by atoms with Crippen molar-refractivity contribution < 1.29 is 22.8 Å². The average Bonchev–Trinajstić information content (AvgIpc) is 2.87. The van der Waals surface area contributed by atoms with E-state index in [1.807, 2.05) is 0 Å². The van der Waals surface area contributed by atoms with Crippen LogP contribution in [0.2, 0.25) is 5.02 Å². The number of nitrogens with zero attached hydrogens (tertiary/aromatic N) is 2. The van der Waals surface area contributed by atoms with Gasteiger partial charge in [-0.05, 0) is 68.5 Å². The Labute approximate surface area is 217 Å². The van der Waals surface area contributed by atoms with E-state index in [2.05, 4.69) is 25.9 Å². The molecule has 2 amide bonds. The molecule has 0 spiro atoms. The molecule has 11 heteroatoms. The third-order valence-corrected chi connectivity index (χ3v) is 6.54. The molecule has 0 saturated heterocycles. The van der Waals surface area contributed by atoms with E-state index in [1.54, 1.807) is 24.4 Å². The average molecular weight is 534 g/mol. The Balaban J connectivity index is 1.24. The number of hydrogen-bond donors (Lipinski definition) is 3. The maximum absolute atomic E-state index is 13.4. The number of fused-ring (bicyclic) bond motifs is 1. The van der Waals surface area contributed by atoms with Crippen LogP contribution in [0, 0.1) is 0 Å². The number of carbonyl (C=O) groups excluding carboxylic acids is 2. The Morgan fingerprint density at radius 3 is 2.51 bits per heavy atom. The van der Waals surface area contributed by atoms with Crippen molar-refractivity contribution in [2.45, 2.75) is 56.8 Å². The van der Waals surface area contributed by atoms with Crippen LogP contribution in [0.25, 0.3) is 10.9 Å². The predicted octanol–water partition coefficient (Wildman–Crippen LogP) is 5.35. The highest BCUT2D eigenvalue weighted by atomic mass is 35.5. The van der Waals surface area contributed by atoms with E-state index in [4.69, 9.17) is 11.6 Å². The largest absolute Gasteiger partial charge is 0.433 e. The van der Waals surface area contributed by atoms with Gasteiger partial charge in [0.05, 0.1) is 11.1 Å². The molecule has 0 bridgehead atoms. The molecule has 2 aromatic heterocycles. The number of amides is 2. The molecule has 37 heavy (non-hydrogen) atoms. The molecule has 0 atom stereocenters. The predicted molar refractivity (Wildman–Crippen MR) is 135 cm³/mol. The molecule has 1 aromatic carbocycles. The highest BCUT2D eigenvalue weighted by Gasteiger charge is 2.34. The van der Waals surface area contributed by atoms with Crippen LogP contribution >= 0.6 is 11.6 Å². The van der Waals surface area contributed by atoms with Crippen LogP contribution < -0.4 is 16.0 Å². The standard InChI is InChI=1S/C26H27ClF3N5O2/c27-17-5-10-21-20(13-17)22(14-23(35-21)26(28,29)30)33-18-6-8-19(9-7-18)34-24(36)4-2-12-32-25(37)16-3-1-11-31-15-16/h1,3,5,10-11,13-15,18-19H,2,4,6-9,12H2,(H,32,37)(H,33,35)(H,34,36)/t18-,19+. The maximum atomic E-state index is 13.4. The molecule has 1 aliphatic carbocycles. The van der Waals surface area contributed by atoms with Crippen LogP contribution in [0.4, 0.5) is 18.9 Å². The SMILES string of the molecule is O=C(CCCNC(=O)c1cccnc1)N[C@H]1CC[C@@H](Nc2cc(C(F)(F)F)nc3ccc(Cl)cc23)CC1. The highest BCUT2D eigenvalue weighted by Crippen LogP contribution is 2.35. The minimum Gasteiger partial charge on any atom is -0.382 e. The number of halogens is 4. The van der Waals surface area contributed by atoms with E-state index in [0.29, 0.717) is 60.3 Å². The van der Waals surface area contributed by atoms with Crippen molar-refractivity contribution >= 4 is 40.0 Å². The number of nitrogens with one attached hydrogen (secondary N) is 3. The summed E-state index contributed by atoms with van der Waals surface area (Å²) >= 11 is 6.08. The second kappa shape index (κ2) is 11.8. The van der Waals surface area contributed by atoms with Crippen LogP contribution in [-0.2, 0) is 11.0 Å². The third-order valence-electron chi connectivity index (χ3n) is 6.30. The summed E-state index contributed by atoms with van der Waals surface area (Å²) in [5.74, 6) is -0.317. The van der Waals surface area contributed by atoms with Gasteiger partial charge in [0, 0.05) is 53.5 Å². The molecular weight excluding hydrogens is 507 g/mol. The Morgan fingerprint density at radius 1 is 1.05 bits per heavy atom. The van der Waals surface area contributed by atoms with E-state index < -0.39 is 11.9 Å². The van der Waals surface area contributed by atoms with E-state index >= 15 is 0 Å². The summed E-state index contributed by atoms with van der Waals surface area (Å²) in [4.78, 5) is 32.0. The fraction of sp³-hybridized carbons (Fsp3) is 0.385. The van der Waals surface area contributed by atoms with Gasteiger partial charge in [-0.2, -0.15) is 13.2 Å². The van der Waals surface area contributed by atoms with E-state index in [1.165, 1.54) is 18.3 Å². The Morgan fingerprint density at radius 2 is 1.81 bits per heavy atom. The second-order valence-corrected chi connectivity index (χ2v) is 9.51. The first-order valence-electron chi connectivity index (χ1n) is 12.1. The van der Waals surface area contributed by atoms with Gasteiger partial charge in [0.15, 0.2) is 0 Å². The number of anilines is 1. The minimum absolute atomic E-state index is 0.00454. The second-order valence-electron chi connectivity index (χ2n) is 9.08. The molecule has 7 nitrogen and oxygen atoms in total. The number of benzene rings is 1. The van der Waals surface area contributed by atoms with Gasteiger partial charge in [-0.25, -0.2) is 4.98 Å². The summed E-state index contributed by atoms with van der Waals surface area (Å²) in [5.41, 5.74) is 0.0807. The lowest BCUT2D eigenvalue weighted by molar-refractivity contribution is -0.140. The monoisotopic (exact) mass is 533 g/mol. The minimum atomic E-state index is -4.56. The van der Waals surface area contributed by atoms with Gasteiger partial charge in [-0.3, -0.25) is 14.6 Å². The summed E-state index contributed by atoms with van der Waals surface area (Å²) in [6.07, 6.45) is 2.10. The number of pyridine rings is 2. The van der Waals surface area contributed by atoms with Crippen molar-refractivity contribution in [3.05, 3.63) is 65.1 Å². The topological polar surface area (TPSA) is 96.0 Å². The Kier molecular flexibility index (Phi) is 8.48. The van der Waals surface area contributed by atoms with Crippen LogP contribution in [0.3, 0.4) is 0 Å². The van der Waals surface area contributed by atoms with Crippen molar-refractivity contribution in [3.8, 4) is 0 Å². The molecule has 196 valence electrons. The summed E-state index contributed by atoms with van der Waals surface area (Å²) < 4.78 is 40.1. The molecule has 0 aliphatic heterocycles. The molecule has 4 rings (SSSR count). The number of rotatable bonds is 8. The molecule has 2 heterocycles. The zero-order valence-electron chi connectivity index (χ0n) is 19.9. The zero-order chi connectivity index (χ0) is 26.4. The lowest BCUT2D eigenvalue weighted by Gasteiger charge is -2.30. The van der Waals surface area contributed by atoms with Crippen molar-refractivity contribution in [1.82, 2.24) is 20.6 Å². The first kappa shape index (κ1) is 26.7. The lowest BCUT2D eigenvalue weighted by atomic mass is 9.90. The van der Waals surface area contributed by atoms with E-state index in [0.717, 1.165) is 6.07 Å². The van der Waals surface area contributed by atoms with Crippen LogP contribution in [0.1, 0.15) is 54.6 Å². The fourth-order valence-electron chi connectivity index (χ4n) is 4.41. The van der Waals surface area contributed by atoms with E-state index in [9.17, 15) is 22.8 Å². The third kappa shape index (κ3) is 7.31. The molecule has 0 unspecified atom stereocenters. The maximum Gasteiger partial charge on any atom is 0.433 e. The van der Waals surface area contributed by atoms with Crippen molar-refractivity contribution in [3.63, 3.8) is 0 Å². The summed E-state index contributed by atoms with van der Waals surface area (Å²) in [6.45, 7) is 0.377. The number of alkyl halides is 3. The number of hydrogen-bond acceptors (Lipinski definition) is 5. The van der Waals surface area contributed by atoms with Gasteiger partial charge in [0.25, 0.3) is 5.91 Å². The van der Waals surface area contributed by atoms with Gasteiger partial charge in [-0.1, -0.05) is 11.6 Å². The Hall–Kier alpha value is -3.40. The Bertz CT molecular complexity index is 1250. The number of aromatic nitrogens is 2. The molecule has 1 aliphatic rings. The fourth-order valence-corrected chi connectivity index (χ4v) is 4.59. The van der Waals surface area contributed by atoms with Gasteiger partial charge in [0.2, 0.25) is 5.91 Å². The number of carbonyl (C=O) groups is 2. The molecule has 0 radical (unpaired) electrons. The van der Waals surface area contributed by atoms with Crippen molar-refractivity contribution in [2.75, 3.05) is 11.9 Å². The highest BCUT2D eigenvalue weighted by molar-refractivity contribution is 6.31. The zero-order valence-corrected chi connectivity index (χ0v) is 20.7. The van der Waals surface area contributed by atoms with Crippen LogP contribution in [0.15, 0.2) is 48.8 Å². The summed E-state index contributed by atoms with van der Waals surface area (Å²) in [7, 11) is 0. The lowest BCUT2D eigenvalue weighted by Crippen LogP contribution is -2.40. The molecule has 1 saturated carbocycles. The smallest absolute Gasteiger partial charge is 0.382 e. The summed E-state index contributed by atoms with van der Waals surface area (Å²) in [5, 5.41) is 9.99. The van der Waals surface area contributed by atoms with Gasteiger partial charge in [0.1, 0.15) is 5.69 Å². The van der Waals surface area contributed by atoms with Gasteiger partial charge < -0.3 is 16.0 Å². The normalized spacial score (nSPS) is 17.8. The molecule has 1 fully saturated rings. The van der Waals surface area contributed by atoms with Crippen molar-refractivity contribution in [1.29, 1.82) is 0 Å². The quantitative estimate of drug-likeness (QED) is 0.339. The van der Waals surface area contributed by atoms with Crippen molar-refractivity contribution in [2.24, 2.45) is 0 Å². The van der Waals surface area contributed by atoms with Crippen LogP contribution in [-0.4, -0.2) is 40.4 Å². The molecular formula is C26H27ClF3N5O2. The van der Waals surface area contributed by atoms with Crippen LogP contribution in [0.5, 0.6) is 0 Å². The van der Waals surface area contributed by atoms with Gasteiger partial charge in [-0.15, -0.1) is 0 Å². The first-order chi connectivity index (χ1) is 17.7. The first-order valence-corrected chi connectivity index (χ1v) is 12.5. The molecule has 3 aromatic rings.